The molecule has 3 heteroatoms. The third-order valence-electron chi connectivity index (χ3n) is 2.72. The molecule has 0 spiro atoms. The summed E-state index contributed by atoms with van der Waals surface area (Å²) < 4.78 is 0. The Morgan fingerprint density at radius 2 is 2.17 bits per heavy atom. The first-order chi connectivity index (χ1) is 5.43. The Balaban J connectivity index is 2.78. The van der Waals surface area contributed by atoms with Gasteiger partial charge in [0.1, 0.15) is 5.78 Å². The van der Waals surface area contributed by atoms with Crippen LogP contribution < -0.4 is 0 Å². The summed E-state index contributed by atoms with van der Waals surface area (Å²) in [5.41, 5.74) is -0.222. The largest absolute Gasteiger partial charge is 0.481 e. The summed E-state index contributed by atoms with van der Waals surface area (Å²) in [6, 6.07) is 0. The highest BCUT2D eigenvalue weighted by Gasteiger charge is 2.40. The Kier molecular flexibility index (Phi) is 2.22. The second kappa shape index (κ2) is 2.88. The van der Waals surface area contributed by atoms with Crippen LogP contribution in [-0.2, 0) is 9.59 Å². The molecule has 12 heavy (non-hydrogen) atoms. The molecule has 1 aliphatic carbocycles. The summed E-state index contributed by atoms with van der Waals surface area (Å²) in [7, 11) is 0. The van der Waals surface area contributed by atoms with Crippen molar-refractivity contribution in [2.45, 2.75) is 33.1 Å². The minimum atomic E-state index is -0.840. The molecule has 1 N–H and O–H groups in total. The molecule has 0 heterocycles. The van der Waals surface area contributed by atoms with E-state index in [4.69, 9.17) is 5.11 Å². The first-order valence-corrected chi connectivity index (χ1v) is 4.18. The zero-order chi connectivity index (χ0) is 9.35. The van der Waals surface area contributed by atoms with Crippen LogP contribution in [0, 0.1) is 11.3 Å². The summed E-state index contributed by atoms with van der Waals surface area (Å²) in [6.07, 6.45) is 1.45. The van der Waals surface area contributed by atoms with E-state index in [0.29, 0.717) is 12.8 Å². The SMILES string of the molecule is CC1(C)CCC(=O)CC1C(=O)O. The minimum absolute atomic E-state index is 0.0849. The Labute approximate surface area is 71.8 Å². The van der Waals surface area contributed by atoms with Crippen LogP contribution >= 0.6 is 0 Å². The van der Waals surface area contributed by atoms with E-state index >= 15 is 0 Å². The second-order valence-electron chi connectivity index (χ2n) is 4.12. The average molecular weight is 170 g/mol. The zero-order valence-electron chi connectivity index (χ0n) is 7.46. The number of carbonyl (C=O) groups is 2. The van der Waals surface area contributed by atoms with Crippen molar-refractivity contribution in [2.75, 3.05) is 0 Å². The molecule has 68 valence electrons. The maximum Gasteiger partial charge on any atom is 0.307 e. The molecule has 0 aromatic carbocycles. The number of carbonyl (C=O) groups excluding carboxylic acids is 1. The number of carboxylic acids is 1. The van der Waals surface area contributed by atoms with Gasteiger partial charge < -0.3 is 5.11 Å². The Hall–Kier alpha value is -0.860. The quantitative estimate of drug-likeness (QED) is 0.648. The molecule has 0 bridgehead atoms. The third kappa shape index (κ3) is 1.65. The molecule has 0 radical (unpaired) electrons. The smallest absolute Gasteiger partial charge is 0.307 e. The fraction of sp³-hybridized carbons (Fsp3) is 0.778. The van der Waals surface area contributed by atoms with E-state index in [2.05, 4.69) is 0 Å². The standard InChI is InChI=1S/C9H14O3/c1-9(2)4-3-6(10)5-7(9)8(11)12/h7H,3-5H2,1-2H3,(H,11,12). The van der Waals surface area contributed by atoms with Gasteiger partial charge in [-0.15, -0.1) is 0 Å². The van der Waals surface area contributed by atoms with Crippen molar-refractivity contribution in [1.29, 1.82) is 0 Å². The molecule has 0 amide bonds. The van der Waals surface area contributed by atoms with Gasteiger partial charge in [-0.05, 0) is 11.8 Å². The first kappa shape index (κ1) is 9.23. The molecule has 0 saturated heterocycles. The summed E-state index contributed by atoms with van der Waals surface area (Å²) >= 11 is 0. The van der Waals surface area contributed by atoms with E-state index in [9.17, 15) is 9.59 Å². The van der Waals surface area contributed by atoms with Crippen LogP contribution in [0.2, 0.25) is 0 Å². The van der Waals surface area contributed by atoms with E-state index in [1.807, 2.05) is 13.8 Å². The van der Waals surface area contributed by atoms with E-state index in [1.54, 1.807) is 0 Å². The van der Waals surface area contributed by atoms with Gasteiger partial charge in [-0.1, -0.05) is 13.8 Å². The topological polar surface area (TPSA) is 54.4 Å². The van der Waals surface area contributed by atoms with Crippen LogP contribution in [0.15, 0.2) is 0 Å². The summed E-state index contributed by atoms with van der Waals surface area (Å²) in [4.78, 5) is 21.8. The highest BCUT2D eigenvalue weighted by Crippen LogP contribution is 2.39. The van der Waals surface area contributed by atoms with Crippen molar-refractivity contribution in [3.63, 3.8) is 0 Å². The van der Waals surface area contributed by atoms with E-state index in [1.165, 1.54) is 0 Å². The van der Waals surface area contributed by atoms with Crippen LogP contribution in [0.25, 0.3) is 0 Å². The molecule has 1 aliphatic rings. The fourth-order valence-electron chi connectivity index (χ4n) is 1.66. The predicted octanol–water partition coefficient (Wildman–Crippen LogP) is 1.47. The minimum Gasteiger partial charge on any atom is -0.481 e. The number of ketones is 1. The Morgan fingerprint density at radius 3 is 2.58 bits per heavy atom. The van der Waals surface area contributed by atoms with Crippen LogP contribution in [0.5, 0.6) is 0 Å². The molecule has 0 aromatic heterocycles. The van der Waals surface area contributed by atoms with Crippen LogP contribution in [-0.4, -0.2) is 16.9 Å². The van der Waals surface area contributed by atoms with Gasteiger partial charge in [-0.3, -0.25) is 9.59 Å². The normalized spacial score (nSPS) is 28.5. The lowest BCUT2D eigenvalue weighted by atomic mass is 9.68. The van der Waals surface area contributed by atoms with Crippen molar-refractivity contribution in [3.8, 4) is 0 Å². The molecular formula is C9H14O3. The monoisotopic (exact) mass is 170 g/mol. The lowest BCUT2D eigenvalue weighted by molar-refractivity contribution is -0.150. The first-order valence-electron chi connectivity index (χ1n) is 4.18. The summed E-state index contributed by atoms with van der Waals surface area (Å²) in [5, 5.41) is 8.84. The lowest BCUT2D eigenvalue weighted by Gasteiger charge is -2.34. The highest BCUT2D eigenvalue weighted by molar-refractivity contribution is 5.85. The molecule has 0 aliphatic heterocycles. The molecule has 3 nitrogen and oxygen atoms in total. The predicted molar refractivity (Wildman–Crippen MR) is 43.8 cm³/mol. The Morgan fingerprint density at radius 1 is 1.58 bits per heavy atom. The molecule has 1 fully saturated rings. The Bertz CT molecular complexity index is 218. The van der Waals surface area contributed by atoms with Crippen molar-refractivity contribution >= 4 is 11.8 Å². The van der Waals surface area contributed by atoms with Gasteiger partial charge in [0.25, 0.3) is 0 Å². The van der Waals surface area contributed by atoms with Crippen molar-refractivity contribution in [3.05, 3.63) is 0 Å². The maximum absolute atomic E-state index is 11.0. The van der Waals surface area contributed by atoms with Gasteiger partial charge in [0.05, 0.1) is 5.92 Å². The molecular weight excluding hydrogens is 156 g/mol. The molecule has 1 rings (SSSR count). The number of rotatable bonds is 1. The molecule has 1 unspecified atom stereocenters. The van der Waals surface area contributed by atoms with Crippen LogP contribution in [0.1, 0.15) is 33.1 Å². The number of aliphatic carboxylic acids is 1. The molecule has 1 atom stereocenters. The van der Waals surface area contributed by atoms with Crippen LogP contribution in [0.4, 0.5) is 0 Å². The number of hydrogen-bond acceptors (Lipinski definition) is 2. The van der Waals surface area contributed by atoms with Crippen LogP contribution in [0.3, 0.4) is 0 Å². The van der Waals surface area contributed by atoms with E-state index < -0.39 is 11.9 Å². The number of hydrogen-bond donors (Lipinski definition) is 1. The average Bonchev–Trinajstić information content (AvgIpc) is 1.94. The summed E-state index contributed by atoms with van der Waals surface area (Å²) in [6.45, 7) is 3.83. The molecule has 0 aromatic rings. The van der Waals surface area contributed by atoms with Gasteiger partial charge in [0.2, 0.25) is 0 Å². The van der Waals surface area contributed by atoms with Gasteiger partial charge in [0.15, 0.2) is 0 Å². The number of Topliss-reactive ketones (excluding diaryl/α,β-unsaturated/α-hetero) is 1. The number of carboxylic acid groups (broad SMARTS) is 1. The highest BCUT2D eigenvalue weighted by atomic mass is 16.4. The fourth-order valence-corrected chi connectivity index (χ4v) is 1.66. The second-order valence-corrected chi connectivity index (χ2v) is 4.12. The maximum atomic E-state index is 11.0. The van der Waals surface area contributed by atoms with Gasteiger partial charge in [0, 0.05) is 12.8 Å². The van der Waals surface area contributed by atoms with Gasteiger partial charge in [-0.2, -0.15) is 0 Å². The third-order valence-corrected chi connectivity index (χ3v) is 2.72. The van der Waals surface area contributed by atoms with Crippen molar-refractivity contribution in [2.24, 2.45) is 11.3 Å². The van der Waals surface area contributed by atoms with Gasteiger partial charge in [-0.25, -0.2) is 0 Å². The van der Waals surface area contributed by atoms with Crippen molar-refractivity contribution in [1.82, 2.24) is 0 Å². The van der Waals surface area contributed by atoms with Gasteiger partial charge >= 0.3 is 5.97 Å². The molecule has 1 saturated carbocycles. The van der Waals surface area contributed by atoms with Crippen molar-refractivity contribution < 1.29 is 14.7 Å². The summed E-state index contributed by atoms with van der Waals surface area (Å²) in [5.74, 6) is -1.24. The van der Waals surface area contributed by atoms with E-state index in [0.717, 1.165) is 0 Å². The lowest BCUT2D eigenvalue weighted by Crippen LogP contribution is -2.37. The van der Waals surface area contributed by atoms with E-state index in [-0.39, 0.29) is 17.6 Å². The zero-order valence-corrected chi connectivity index (χ0v) is 7.46.